The number of amides is 1. The Hall–Kier alpha value is -2.03. The fourth-order valence-electron chi connectivity index (χ4n) is 3.37. The van der Waals surface area contributed by atoms with Crippen molar-refractivity contribution in [2.75, 3.05) is 24.7 Å². The number of benzene rings is 2. The second-order valence-electron chi connectivity index (χ2n) is 6.58. The molecule has 1 aromatic heterocycles. The van der Waals surface area contributed by atoms with Crippen LogP contribution in [-0.4, -0.2) is 43.0 Å². The van der Waals surface area contributed by atoms with Gasteiger partial charge >= 0.3 is 0 Å². The third-order valence-corrected chi connectivity index (χ3v) is 7.05. The van der Waals surface area contributed by atoms with Gasteiger partial charge in [-0.1, -0.05) is 41.7 Å². The van der Waals surface area contributed by atoms with Crippen LogP contribution in [0, 0.1) is 5.92 Å². The number of piperidine rings is 1. The van der Waals surface area contributed by atoms with E-state index in [2.05, 4.69) is 16.4 Å². The first-order valence-corrected chi connectivity index (χ1v) is 11.1. The number of fused-ring (bicyclic) bond motifs is 3. The van der Waals surface area contributed by atoms with Crippen LogP contribution in [-0.2, 0) is 14.8 Å². The number of hydrogen-bond acceptors (Lipinski definition) is 5. The summed E-state index contributed by atoms with van der Waals surface area (Å²) in [6.45, 7) is 0.781. The molecule has 136 valence electrons. The average Bonchev–Trinajstić information content (AvgIpc) is 3.04. The quantitative estimate of drug-likeness (QED) is 0.747. The molecule has 3 aromatic rings. The SMILES string of the molecule is CS(=O)(=O)N1CCC(C(=O)Nc2nc3c(ccc4ccccc43)s2)CC1. The van der Waals surface area contributed by atoms with Crippen LogP contribution in [0.15, 0.2) is 36.4 Å². The largest absolute Gasteiger partial charge is 0.302 e. The summed E-state index contributed by atoms with van der Waals surface area (Å²) in [5.74, 6) is -0.265. The molecule has 2 aromatic carbocycles. The summed E-state index contributed by atoms with van der Waals surface area (Å²) in [5.41, 5.74) is 0.898. The standard InChI is InChI=1S/C18H19N3O3S2/c1-26(23,24)21-10-8-13(9-11-21)17(22)20-18-19-16-14-5-3-2-4-12(14)6-7-15(16)25-18/h2-7,13H,8-11H2,1H3,(H,19,20,22). The molecule has 2 heterocycles. The molecule has 26 heavy (non-hydrogen) atoms. The topological polar surface area (TPSA) is 79.4 Å². The smallest absolute Gasteiger partial charge is 0.229 e. The minimum absolute atomic E-state index is 0.0819. The monoisotopic (exact) mass is 389 g/mol. The number of thiazole rings is 1. The highest BCUT2D eigenvalue weighted by molar-refractivity contribution is 7.88. The molecule has 1 amide bonds. The Kier molecular flexibility index (Phi) is 4.42. The lowest BCUT2D eigenvalue weighted by Gasteiger charge is -2.29. The molecule has 8 heteroatoms. The van der Waals surface area contributed by atoms with Gasteiger partial charge in [0.05, 0.1) is 16.5 Å². The first kappa shape index (κ1) is 17.4. The van der Waals surface area contributed by atoms with Crippen molar-refractivity contribution in [2.24, 2.45) is 5.92 Å². The van der Waals surface area contributed by atoms with Crippen molar-refractivity contribution >= 4 is 53.4 Å². The van der Waals surface area contributed by atoms with Gasteiger partial charge in [-0.2, -0.15) is 0 Å². The van der Waals surface area contributed by atoms with Crippen LogP contribution in [0.1, 0.15) is 12.8 Å². The summed E-state index contributed by atoms with van der Waals surface area (Å²) < 4.78 is 25.6. The van der Waals surface area contributed by atoms with Crippen molar-refractivity contribution in [3.05, 3.63) is 36.4 Å². The third-order valence-electron chi connectivity index (χ3n) is 4.81. The fraction of sp³-hybridized carbons (Fsp3) is 0.333. The lowest BCUT2D eigenvalue weighted by atomic mass is 9.97. The van der Waals surface area contributed by atoms with E-state index in [0.717, 1.165) is 21.0 Å². The van der Waals surface area contributed by atoms with Crippen LogP contribution < -0.4 is 5.32 Å². The maximum Gasteiger partial charge on any atom is 0.229 e. The van der Waals surface area contributed by atoms with Gasteiger partial charge in [0.15, 0.2) is 5.13 Å². The zero-order chi connectivity index (χ0) is 18.3. The maximum atomic E-state index is 12.6. The number of hydrogen-bond donors (Lipinski definition) is 1. The minimum Gasteiger partial charge on any atom is -0.302 e. The predicted molar refractivity (Wildman–Crippen MR) is 105 cm³/mol. The van der Waals surface area contributed by atoms with Gasteiger partial charge in [0.25, 0.3) is 0 Å². The van der Waals surface area contributed by atoms with Crippen molar-refractivity contribution in [2.45, 2.75) is 12.8 Å². The van der Waals surface area contributed by atoms with Crippen LogP contribution in [0.3, 0.4) is 0 Å². The molecule has 1 aliphatic heterocycles. The Bertz CT molecular complexity index is 1080. The van der Waals surface area contributed by atoms with E-state index in [-0.39, 0.29) is 11.8 Å². The molecule has 4 rings (SSSR count). The Labute approximate surface area is 155 Å². The molecule has 1 fully saturated rings. The van der Waals surface area contributed by atoms with Gasteiger partial charge in [-0.05, 0) is 24.3 Å². The molecule has 0 bridgehead atoms. The molecule has 0 spiro atoms. The van der Waals surface area contributed by atoms with Crippen molar-refractivity contribution in [1.29, 1.82) is 0 Å². The van der Waals surface area contributed by atoms with E-state index < -0.39 is 10.0 Å². The molecule has 6 nitrogen and oxygen atoms in total. The van der Waals surface area contributed by atoms with E-state index in [1.165, 1.54) is 21.9 Å². The van der Waals surface area contributed by atoms with Crippen molar-refractivity contribution < 1.29 is 13.2 Å². The van der Waals surface area contributed by atoms with E-state index in [1.807, 2.05) is 30.3 Å². The Morgan fingerprint density at radius 3 is 2.65 bits per heavy atom. The molecular formula is C18H19N3O3S2. The first-order valence-electron chi connectivity index (χ1n) is 8.46. The number of nitrogens with zero attached hydrogens (tertiary/aromatic N) is 2. The normalized spacial score (nSPS) is 17.0. The Balaban J connectivity index is 1.51. The zero-order valence-electron chi connectivity index (χ0n) is 14.3. The molecule has 1 N–H and O–H groups in total. The van der Waals surface area contributed by atoms with Gasteiger partial charge in [0, 0.05) is 24.4 Å². The summed E-state index contributed by atoms with van der Waals surface area (Å²) in [6, 6.07) is 12.1. The third kappa shape index (κ3) is 3.32. The molecule has 0 unspecified atom stereocenters. The van der Waals surface area contributed by atoms with Gasteiger partial charge in [-0.25, -0.2) is 17.7 Å². The van der Waals surface area contributed by atoms with Crippen LogP contribution in [0.25, 0.3) is 21.0 Å². The summed E-state index contributed by atoms with van der Waals surface area (Å²) in [5, 5.41) is 5.70. The number of rotatable bonds is 3. The Morgan fingerprint density at radius 2 is 1.92 bits per heavy atom. The molecule has 0 atom stereocenters. The average molecular weight is 390 g/mol. The van der Waals surface area contributed by atoms with Crippen LogP contribution in [0.4, 0.5) is 5.13 Å². The summed E-state index contributed by atoms with van der Waals surface area (Å²) in [4.78, 5) is 17.2. The van der Waals surface area contributed by atoms with Gasteiger partial charge in [0.1, 0.15) is 0 Å². The molecule has 1 saturated heterocycles. The van der Waals surface area contributed by atoms with Crippen molar-refractivity contribution in [3.63, 3.8) is 0 Å². The fourth-order valence-corrected chi connectivity index (χ4v) is 5.13. The van der Waals surface area contributed by atoms with Gasteiger partial charge in [-0.15, -0.1) is 0 Å². The number of carbonyl (C=O) groups excluding carboxylic acids is 1. The predicted octanol–water partition coefficient (Wildman–Crippen LogP) is 3.06. The zero-order valence-corrected chi connectivity index (χ0v) is 15.9. The number of aromatic nitrogens is 1. The molecule has 0 aliphatic carbocycles. The van der Waals surface area contributed by atoms with Gasteiger partial charge < -0.3 is 5.32 Å². The van der Waals surface area contributed by atoms with Gasteiger partial charge in [0.2, 0.25) is 15.9 Å². The van der Waals surface area contributed by atoms with Crippen molar-refractivity contribution in [1.82, 2.24) is 9.29 Å². The summed E-state index contributed by atoms with van der Waals surface area (Å²) in [7, 11) is -3.18. The van der Waals surface area contributed by atoms with E-state index in [0.29, 0.717) is 31.1 Å². The van der Waals surface area contributed by atoms with Crippen LogP contribution in [0.5, 0.6) is 0 Å². The highest BCUT2D eigenvalue weighted by Gasteiger charge is 2.29. The lowest BCUT2D eigenvalue weighted by molar-refractivity contribution is -0.120. The maximum absolute atomic E-state index is 12.6. The minimum atomic E-state index is -3.18. The molecular weight excluding hydrogens is 370 g/mol. The lowest BCUT2D eigenvalue weighted by Crippen LogP contribution is -2.40. The van der Waals surface area contributed by atoms with E-state index in [1.54, 1.807) is 0 Å². The van der Waals surface area contributed by atoms with E-state index in [9.17, 15) is 13.2 Å². The molecule has 0 saturated carbocycles. The van der Waals surface area contributed by atoms with E-state index in [4.69, 9.17) is 0 Å². The number of nitrogens with one attached hydrogen (secondary N) is 1. The first-order chi connectivity index (χ1) is 12.4. The highest BCUT2D eigenvalue weighted by Crippen LogP contribution is 2.32. The summed E-state index contributed by atoms with van der Waals surface area (Å²) >= 11 is 1.46. The second kappa shape index (κ2) is 6.61. The second-order valence-corrected chi connectivity index (χ2v) is 9.59. The molecule has 0 radical (unpaired) electrons. The van der Waals surface area contributed by atoms with Gasteiger partial charge in [-0.3, -0.25) is 4.79 Å². The van der Waals surface area contributed by atoms with E-state index >= 15 is 0 Å². The van der Waals surface area contributed by atoms with Crippen LogP contribution in [0.2, 0.25) is 0 Å². The number of sulfonamides is 1. The van der Waals surface area contributed by atoms with Crippen molar-refractivity contribution in [3.8, 4) is 0 Å². The Morgan fingerprint density at radius 1 is 1.19 bits per heavy atom. The van der Waals surface area contributed by atoms with Crippen LogP contribution >= 0.6 is 11.3 Å². The highest BCUT2D eigenvalue weighted by atomic mass is 32.2. The summed E-state index contributed by atoms with van der Waals surface area (Å²) in [6.07, 6.45) is 2.28. The number of carbonyl (C=O) groups is 1. The molecule has 1 aliphatic rings. The number of anilines is 1.